The molecule has 0 aliphatic heterocycles. The van der Waals surface area contributed by atoms with Gasteiger partial charge in [0.15, 0.2) is 0 Å². The van der Waals surface area contributed by atoms with Crippen LogP contribution in [0, 0.1) is 0 Å². The number of carbonyl (C=O) groups excluding carboxylic acids is 2. The number of carboxylic acids is 2. The Labute approximate surface area is 196 Å². The lowest BCUT2D eigenvalue weighted by Gasteiger charge is -2.03. The number of aliphatic hydroxyl groups excluding tert-OH is 2. The van der Waals surface area contributed by atoms with Gasteiger partial charge in [-0.05, 0) is 51.4 Å². The number of quaternary nitrogens is 2. The second-order valence-corrected chi connectivity index (χ2v) is 8.03. The van der Waals surface area contributed by atoms with Crippen LogP contribution in [0.2, 0.25) is 0 Å². The summed E-state index contributed by atoms with van der Waals surface area (Å²) < 4.78 is 0. The molecule has 0 aromatic heterocycles. The lowest BCUT2D eigenvalue weighted by molar-refractivity contribution is -0.656. The van der Waals surface area contributed by atoms with Crippen LogP contribution in [0.25, 0.3) is 0 Å². The Morgan fingerprint density at radius 2 is 0.750 bits per heavy atom. The van der Waals surface area contributed by atoms with Gasteiger partial charge in [0.2, 0.25) is 0 Å². The fraction of sp³-hybridized carbons (Fsp3) is 0.917. The molecule has 0 amide bonds. The maximum absolute atomic E-state index is 9.01. The predicted octanol–water partition coefficient (Wildman–Crippen LogP) is -0.928. The number of rotatable bonds is 21. The minimum absolute atomic E-state index is 0.889. The Morgan fingerprint density at radius 1 is 0.531 bits per heavy atom. The van der Waals surface area contributed by atoms with Gasteiger partial charge in [-0.25, -0.2) is 0 Å². The van der Waals surface area contributed by atoms with Gasteiger partial charge in [0, 0.05) is 0 Å². The fourth-order valence-corrected chi connectivity index (χ4v) is 3.00. The molecule has 0 spiro atoms. The quantitative estimate of drug-likeness (QED) is 0.161. The topological polar surface area (TPSA) is 154 Å². The summed E-state index contributed by atoms with van der Waals surface area (Å²) in [6.07, 6.45) is 19.9. The molecule has 0 radical (unpaired) electrons. The molecule has 0 aliphatic carbocycles. The molecule has 194 valence electrons. The third-order valence-electron chi connectivity index (χ3n) is 4.85. The van der Waals surface area contributed by atoms with Gasteiger partial charge < -0.3 is 40.6 Å². The molecule has 0 aromatic rings. The van der Waals surface area contributed by atoms with E-state index in [1.54, 1.807) is 0 Å². The van der Waals surface area contributed by atoms with Crippen molar-refractivity contribution in [2.45, 2.75) is 104 Å². The van der Waals surface area contributed by atoms with Crippen LogP contribution in [0.15, 0.2) is 0 Å². The van der Waals surface area contributed by atoms with Crippen molar-refractivity contribution in [2.24, 2.45) is 0 Å². The van der Waals surface area contributed by atoms with Gasteiger partial charge in [-0.15, -0.1) is 0 Å². The van der Waals surface area contributed by atoms with E-state index < -0.39 is 25.2 Å². The summed E-state index contributed by atoms with van der Waals surface area (Å²) in [5, 5.41) is 38.0. The molecule has 8 nitrogen and oxygen atoms in total. The maximum Gasteiger partial charge on any atom is 0.0826 e. The van der Waals surface area contributed by atoms with Crippen LogP contribution in [0.1, 0.15) is 104 Å². The van der Waals surface area contributed by atoms with Crippen LogP contribution in [0.3, 0.4) is 0 Å². The van der Waals surface area contributed by atoms with Crippen LogP contribution in [0.4, 0.5) is 0 Å². The van der Waals surface area contributed by atoms with E-state index in [1.165, 1.54) is 116 Å². The van der Waals surface area contributed by atoms with Gasteiger partial charge in [-0.3, -0.25) is 0 Å². The fourth-order valence-electron chi connectivity index (χ4n) is 3.00. The minimum Gasteiger partial charge on any atom is -0.548 e. The molecule has 32 heavy (non-hydrogen) atoms. The summed E-state index contributed by atoms with van der Waals surface area (Å²) in [5.74, 6) is -2.88. The van der Waals surface area contributed by atoms with Crippen molar-refractivity contribution in [3.05, 3.63) is 0 Å². The Balaban J connectivity index is -0.000000695. The lowest BCUT2D eigenvalue weighted by Crippen LogP contribution is -2.84. The van der Waals surface area contributed by atoms with E-state index in [9.17, 15) is 0 Å². The summed E-state index contributed by atoms with van der Waals surface area (Å²) in [6.45, 7) is 8.23. The SMILES string of the molecule is CCCCCCC[NH2+]CCCCCC[NH2+]CCCCCCC.O=C([O-])CO.O=C([O-])CO. The largest absolute Gasteiger partial charge is 0.548 e. The van der Waals surface area contributed by atoms with Gasteiger partial charge in [0.25, 0.3) is 0 Å². The first-order valence-electron chi connectivity index (χ1n) is 12.7. The molecule has 8 heteroatoms. The highest BCUT2D eigenvalue weighted by molar-refractivity contribution is 5.65. The Hall–Kier alpha value is -1.22. The average Bonchev–Trinajstić information content (AvgIpc) is 2.79. The molecule has 0 rings (SSSR count). The minimum atomic E-state index is -1.44. The van der Waals surface area contributed by atoms with E-state index in [2.05, 4.69) is 24.5 Å². The van der Waals surface area contributed by atoms with Crippen molar-refractivity contribution in [2.75, 3.05) is 39.4 Å². The highest BCUT2D eigenvalue weighted by Crippen LogP contribution is 2.01. The molecular formula is C24H52N2O6. The molecule has 0 bridgehead atoms. The number of hydrogen-bond donors (Lipinski definition) is 4. The van der Waals surface area contributed by atoms with Gasteiger partial charge in [-0.2, -0.15) is 0 Å². The third kappa shape index (κ3) is 46.8. The monoisotopic (exact) mass is 464 g/mol. The molecule has 0 unspecified atom stereocenters. The highest BCUT2D eigenvalue weighted by Gasteiger charge is 1.96. The van der Waals surface area contributed by atoms with E-state index in [0.29, 0.717) is 0 Å². The summed E-state index contributed by atoms with van der Waals surface area (Å²) in [6, 6.07) is 0. The molecule has 0 aliphatic rings. The smallest absolute Gasteiger partial charge is 0.0826 e. The van der Waals surface area contributed by atoms with E-state index >= 15 is 0 Å². The van der Waals surface area contributed by atoms with E-state index in [4.69, 9.17) is 30.0 Å². The van der Waals surface area contributed by atoms with Crippen molar-refractivity contribution < 1.29 is 40.6 Å². The Bertz CT molecular complexity index is 336. The zero-order valence-electron chi connectivity index (χ0n) is 20.8. The van der Waals surface area contributed by atoms with Crippen LogP contribution >= 0.6 is 0 Å². The number of aliphatic carboxylic acids is 2. The number of carbonyl (C=O) groups is 2. The molecule has 0 saturated carbocycles. The van der Waals surface area contributed by atoms with Crippen molar-refractivity contribution in [3.63, 3.8) is 0 Å². The summed E-state index contributed by atoms with van der Waals surface area (Å²) >= 11 is 0. The number of hydrogen-bond acceptors (Lipinski definition) is 6. The zero-order valence-corrected chi connectivity index (χ0v) is 20.8. The van der Waals surface area contributed by atoms with Crippen molar-refractivity contribution in [3.8, 4) is 0 Å². The molecule has 0 fully saturated rings. The average molecular weight is 465 g/mol. The van der Waals surface area contributed by atoms with Crippen LogP contribution in [0.5, 0.6) is 0 Å². The van der Waals surface area contributed by atoms with E-state index in [0.717, 1.165) is 0 Å². The first-order valence-corrected chi connectivity index (χ1v) is 12.7. The first kappa shape index (κ1) is 35.4. The molecule has 0 aromatic carbocycles. The number of aliphatic hydroxyl groups is 2. The number of carboxylic acid groups (broad SMARTS) is 2. The van der Waals surface area contributed by atoms with Crippen molar-refractivity contribution >= 4 is 11.9 Å². The van der Waals surface area contributed by atoms with Crippen LogP contribution in [-0.2, 0) is 9.59 Å². The predicted molar refractivity (Wildman–Crippen MR) is 123 cm³/mol. The summed E-state index contributed by atoms with van der Waals surface area (Å²) in [7, 11) is 0. The van der Waals surface area contributed by atoms with E-state index in [1.807, 2.05) is 0 Å². The number of unbranched alkanes of at least 4 members (excludes halogenated alkanes) is 11. The van der Waals surface area contributed by atoms with Crippen LogP contribution < -0.4 is 20.8 Å². The second kappa shape index (κ2) is 34.4. The normalized spacial score (nSPS) is 10.0. The summed E-state index contributed by atoms with van der Waals surface area (Å²) in [4.78, 5) is 18.0. The van der Waals surface area contributed by atoms with Crippen LogP contribution in [-0.4, -0.2) is 61.5 Å². The zero-order chi connectivity index (χ0) is 24.7. The number of nitrogens with two attached hydrogens (primary N) is 2. The third-order valence-corrected chi connectivity index (χ3v) is 4.85. The standard InChI is InChI=1S/C20H44N2.2C2H4O3/c1-3-5-7-9-13-17-21-19-15-11-12-16-20-22-18-14-10-8-6-4-2;2*3-1-2(4)5/h21-22H,3-20H2,1-2H3;2*3H,1H2,(H,4,5). The van der Waals surface area contributed by atoms with Gasteiger partial charge in [0.05, 0.1) is 51.3 Å². The Morgan fingerprint density at radius 3 is 0.938 bits per heavy atom. The Kier molecular flexibility index (Phi) is 38.0. The maximum atomic E-state index is 9.01. The first-order chi connectivity index (χ1) is 15.5. The molecule has 6 N–H and O–H groups in total. The highest BCUT2D eigenvalue weighted by atomic mass is 16.4. The second-order valence-electron chi connectivity index (χ2n) is 8.03. The van der Waals surface area contributed by atoms with Gasteiger partial charge >= 0.3 is 0 Å². The van der Waals surface area contributed by atoms with Gasteiger partial charge in [-0.1, -0.05) is 52.4 Å². The van der Waals surface area contributed by atoms with Crippen molar-refractivity contribution in [1.82, 2.24) is 0 Å². The summed E-state index contributed by atoms with van der Waals surface area (Å²) in [5.41, 5.74) is 0. The molecular weight excluding hydrogens is 412 g/mol. The van der Waals surface area contributed by atoms with Gasteiger partial charge in [0.1, 0.15) is 0 Å². The molecule has 0 saturated heterocycles. The molecule has 0 atom stereocenters. The molecule has 0 heterocycles. The van der Waals surface area contributed by atoms with Crippen molar-refractivity contribution in [1.29, 1.82) is 0 Å². The van der Waals surface area contributed by atoms with E-state index in [-0.39, 0.29) is 0 Å². The lowest BCUT2D eigenvalue weighted by atomic mass is 10.1.